The number of esters is 2. The molecule has 0 aliphatic heterocycles. The van der Waals surface area contributed by atoms with Crippen LogP contribution in [0.4, 0.5) is 0 Å². The van der Waals surface area contributed by atoms with Gasteiger partial charge in [-0.05, 0) is 57.8 Å². The molecule has 0 rings (SSSR count). The molecule has 0 aromatic rings. The van der Waals surface area contributed by atoms with Crippen molar-refractivity contribution in [2.45, 2.75) is 360 Å². The van der Waals surface area contributed by atoms with E-state index in [0.717, 1.165) is 83.5 Å². The molecular weight excluding hydrogens is 1040 g/mol. The van der Waals surface area contributed by atoms with Crippen LogP contribution in [0, 0.1) is 0 Å². The van der Waals surface area contributed by atoms with Gasteiger partial charge in [0.2, 0.25) is 0 Å². The standard InChI is InChI=1S/C72H134NO8P/c1-3-5-7-9-11-13-15-17-19-21-23-25-26-27-28-29-30-31-32-33-34-35-36-37-38-39-40-41-42-43-45-46-48-50-52-54-56-58-60-62-64-71(74)78-68-70(69-80-82(76,77)79-67-66-73)81-72(75)65-63-61-59-57-55-53-51-49-47-44-24-22-20-18-16-14-12-10-8-6-4-2/h6,8,12,14,18,20,24,44,49,51,70H,3-5,7,9-11,13,15-17,19,21-23,25-43,45-48,50,52-69,73H2,1-2H3,(H,76,77)/b8-6-,14-12-,20-18-,44-24-,51-49-. The fraction of sp³-hybridized carbons (Fsp3) is 0.833. The molecule has 0 amide bonds. The Morgan fingerprint density at radius 3 is 1.00 bits per heavy atom. The maximum Gasteiger partial charge on any atom is 0.472 e. The number of ether oxygens (including phenoxy) is 2. The van der Waals surface area contributed by atoms with Gasteiger partial charge in [0.15, 0.2) is 6.10 Å². The van der Waals surface area contributed by atoms with Crippen molar-refractivity contribution in [1.29, 1.82) is 0 Å². The highest BCUT2D eigenvalue weighted by molar-refractivity contribution is 7.47. The molecule has 0 saturated heterocycles. The molecular formula is C72H134NO8P. The van der Waals surface area contributed by atoms with E-state index in [1.165, 1.54) is 238 Å². The van der Waals surface area contributed by atoms with E-state index in [1.54, 1.807) is 0 Å². The maximum atomic E-state index is 12.7. The molecule has 10 heteroatoms. The third-order valence-corrected chi connectivity index (χ3v) is 16.7. The van der Waals surface area contributed by atoms with Gasteiger partial charge in [0.1, 0.15) is 6.61 Å². The molecule has 82 heavy (non-hydrogen) atoms. The second-order valence-corrected chi connectivity index (χ2v) is 25.2. The Hall–Kier alpha value is -2.29. The highest BCUT2D eigenvalue weighted by Gasteiger charge is 2.26. The van der Waals surface area contributed by atoms with E-state index >= 15 is 0 Å². The van der Waals surface area contributed by atoms with Gasteiger partial charge in [0.05, 0.1) is 13.2 Å². The average molecular weight is 1170 g/mol. The minimum atomic E-state index is -4.40. The van der Waals surface area contributed by atoms with Crippen LogP contribution in [0.2, 0.25) is 0 Å². The van der Waals surface area contributed by atoms with Crippen LogP contribution in [-0.4, -0.2) is 49.3 Å². The minimum Gasteiger partial charge on any atom is -0.462 e. The van der Waals surface area contributed by atoms with Crippen LogP contribution in [0.15, 0.2) is 60.8 Å². The summed E-state index contributed by atoms with van der Waals surface area (Å²) in [5, 5.41) is 0. The molecule has 0 aliphatic carbocycles. The number of rotatable bonds is 67. The highest BCUT2D eigenvalue weighted by Crippen LogP contribution is 2.43. The lowest BCUT2D eigenvalue weighted by Gasteiger charge is -2.19. The van der Waals surface area contributed by atoms with Crippen molar-refractivity contribution in [2.24, 2.45) is 5.73 Å². The predicted octanol–water partition coefficient (Wildman–Crippen LogP) is 23.0. The van der Waals surface area contributed by atoms with E-state index in [0.29, 0.717) is 6.42 Å². The molecule has 0 aliphatic rings. The summed E-state index contributed by atoms with van der Waals surface area (Å²) < 4.78 is 33.1. The summed E-state index contributed by atoms with van der Waals surface area (Å²) in [5.41, 5.74) is 5.39. The van der Waals surface area contributed by atoms with E-state index in [1.807, 2.05) is 0 Å². The summed E-state index contributed by atoms with van der Waals surface area (Å²) in [7, 11) is -4.40. The monoisotopic (exact) mass is 1170 g/mol. The molecule has 2 atom stereocenters. The summed E-state index contributed by atoms with van der Waals surface area (Å²) in [5.74, 6) is -0.838. The lowest BCUT2D eigenvalue weighted by atomic mass is 10.0. The SMILES string of the molecule is CC/C=C\C/C=C\C/C=C\C/C=C\C/C=C\CCCCCCCC(=O)OC(COC(=O)CCCCCCCCCCCCCCCCCCCCCCCCCCCCCCCCCCCCCCCCCC)COP(=O)(O)OCCN. The molecule has 9 nitrogen and oxygen atoms in total. The molecule has 0 aromatic carbocycles. The van der Waals surface area contributed by atoms with Gasteiger partial charge in [-0.1, -0.05) is 344 Å². The number of allylic oxidation sites excluding steroid dienone is 10. The van der Waals surface area contributed by atoms with Gasteiger partial charge in [0, 0.05) is 19.4 Å². The van der Waals surface area contributed by atoms with Gasteiger partial charge in [-0.2, -0.15) is 0 Å². The van der Waals surface area contributed by atoms with Gasteiger partial charge < -0.3 is 20.1 Å². The number of hydrogen-bond acceptors (Lipinski definition) is 8. The first-order valence-corrected chi connectivity index (χ1v) is 36.8. The molecule has 0 spiro atoms. The lowest BCUT2D eigenvalue weighted by Crippen LogP contribution is -2.29. The third-order valence-electron chi connectivity index (χ3n) is 15.7. The fourth-order valence-electron chi connectivity index (χ4n) is 10.5. The maximum absolute atomic E-state index is 12.7. The molecule has 0 heterocycles. The predicted molar refractivity (Wildman–Crippen MR) is 353 cm³/mol. The number of carbonyl (C=O) groups is 2. The van der Waals surface area contributed by atoms with Crippen molar-refractivity contribution < 1.29 is 37.6 Å². The summed E-state index contributed by atoms with van der Waals surface area (Å²) in [6.07, 6.45) is 87.8. The normalized spacial score (nSPS) is 13.3. The summed E-state index contributed by atoms with van der Waals surface area (Å²) >= 11 is 0. The third kappa shape index (κ3) is 66.8. The molecule has 2 unspecified atom stereocenters. The number of hydrogen-bond donors (Lipinski definition) is 2. The molecule has 0 bridgehead atoms. The quantitative estimate of drug-likeness (QED) is 0.0264. The smallest absolute Gasteiger partial charge is 0.462 e. The number of nitrogens with two attached hydrogens (primary N) is 1. The van der Waals surface area contributed by atoms with Gasteiger partial charge in [0.25, 0.3) is 0 Å². The van der Waals surface area contributed by atoms with Crippen molar-refractivity contribution in [3.63, 3.8) is 0 Å². The zero-order valence-electron chi connectivity index (χ0n) is 54.0. The second kappa shape index (κ2) is 67.8. The topological polar surface area (TPSA) is 134 Å². The van der Waals surface area contributed by atoms with Crippen LogP contribution in [0.25, 0.3) is 0 Å². The minimum absolute atomic E-state index is 0.0487. The zero-order chi connectivity index (χ0) is 59.4. The van der Waals surface area contributed by atoms with E-state index in [-0.39, 0.29) is 38.6 Å². The summed E-state index contributed by atoms with van der Waals surface area (Å²) in [4.78, 5) is 35.3. The summed E-state index contributed by atoms with van der Waals surface area (Å²) in [6.45, 7) is 3.65. The first-order valence-electron chi connectivity index (χ1n) is 35.3. The molecule has 0 aromatic heterocycles. The molecule has 3 N–H and O–H groups in total. The van der Waals surface area contributed by atoms with Crippen molar-refractivity contribution >= 4 is 19.8 Å². The molecule has 480 valence electrons. The lowest BCUT2D eigenvalue weighted by molar-refractivity contribution is -0.161. The summed E-state index contributed by atoms with van der Waals surface area (Å²) in [6, 6.07) is 0. The van der Waals surface area contributed by atoms with Crippen molar-refractivity contribution in [1.82, 2.24) is 0 Å². The van der Waals surface area contributed by atoms with Crippen LogP contribution >= 0.6 is 7.82 Å². The van der Waals surface area contributed by atoms with Crippen molar-refractivity contribution in [3.05, 3.63) is 60.8 Å². The van der Waals surface area contributed by atoms with Gasteiger partial charge in [-0.25, -0.2) is 4.57 Å². The fourth-order valence-corrected chi connectivity index (χ4v) is 11.3. The largest absolute Gasteiger partial charge is 0.472 e. The number of phosphoric ester groups is 1. The van der Waals surface area contributed by atoms with Gasteiger partial charge in [-0.15, -0.1) is 0 Å². The Morgan fingerprint density at radius 1 is 0.378 bits per heavy atom. The van der Waals surface area contributed by atoms with Crippen LogP contribution in [-0.2, 0) is 32.7 Å². The molecule has 0 saturated carbocycles. The zero-order valence-corrected chi connectivity index (χ0v) is 54.9. The first kappa shape index (κ1) is 79.7. The number of carbonyl (C=O) groups excluding carboxylic acids is 2. The van der Waals surface area contributed by atoms with Gasteiger partial charge >= 0.3 is 19.8 Å². The Kier molecular flexibility index (Phi) is 65.9. The molecule has 0 radical (unpaired) electrons. The number of unbranched alkanes of at least 4 members (excludes halogenated alkanes) is 44. The highest BCUT2D eigenvalue weighted by atomic mass is 31.2. The van der Waals surface area contributed by atoms with Crippen LogP contribution < -0.4 is 5.73 Å². The second-order valence-electron chi connectivity index (χ2n) is 23.7. The van der Waals surface area contributed by atoms with E-state index < -0.39 is 26.5 Å². The van der Waals surface area contributed by atoms with Crippen LogP contribution in [0.3, 0.4) is 0 Å². The van der Waals surface area contributed by atoms with E-state index in [4.69, 9.17) is 24.3 Å². The molecule has 0 fully saturated rings. The number of phosphoric acid groups is 1. The van der Waals surface area contributed by atoms with Crippen molar-refractivity contribution in [3.8, 4) is 0 Å². The van der Waals surface area contributed by atoms with Crippen molar-refractivity contribution in [2.75, 3.05) is 26.4 Å². The first-order chi connectivity index (χ1) is 40.3. The Morgan fingerprint density at radius 2 is 0.671 bits per heavy atom. The van der Waals surface area contributed by atoms with E-state index in [9.17, 15) is 19.0 Å². The average Bonchev–Trinajstić information content (AvgIpc) is 3.48. The Bertz CT molecular complexity index is 1530. The van der Waals surface area contributed by atoms with E-state index in [2.05, 4.69) is 74.6 Å². The van der Waals surface area contributed by atoms with Gasteiger partial charge in [-0.3, -0.25) is 18.6 Å². The van der Waals surface area contributed by atoms with Crippen LogP contribution in [0.1, 0.15) is 354 Å². The Labute approximate surface area is 508 Å². The Balaban J connectivity index is 3.76. The van der Waals surface area contributed by atoms with Crippen LogP contribution in [0.5, 0.6) is 0 Å².